The van der Waals surface area contributed by atoms with Crippen molar-refractivity contribution in [1.82, 2.24) is 4.31 Å². The first-order valence-corrected chi connectivity index (χ1v) is 8.26. The van der Waals surface area contributed by atoms with Crippen LogP contribution in [-0.4, -0.2) is 32.4 Å². The first-order valence-electron chi connectivity index (χ1n) is 6.82. The van der Waals surface area contributed by atoms with Crippen LogP contribution in [-0.2, 0) is 16.6 Å². The van der Waals surface area contributed by atoms with Gasteiger partial charge < -0.3 is 10.5 Å². The highest BCUT2D eigenvalue weighted by Gasteiger charge is 2.25. The van der Waals surface area contributed by atoms with Gasteiger partial charge in [0.15, 0.2) is 0 Å². The molecule has 0 saturated carbocycles. The molecule has 6 heteroatoms. The maximum Gasteiger partial charge on any atom is 0.243 e. The van der Waals surface area contributed by atoms with Crippen molar-refractivity contribution < 1.29 is 13.2 Å². The molecule has 114 valence electrons. The number of benzene rings is 1. The SMILES string of the molecule is CCOc1ccc(S(=O)(=O)N(C)C(C)CC)cc1CN. The van der Waals surface area contributed by atoms with Crippen LogP contribution in [0.1, 0.15) is 32.8 Å². The molecule has 20 heavy (non-hydrogen) atoms. The standard InChI is InChI=1S/C14H24N2O3S/c1-5-11(3)16(4)20(17,18)13-7-8-14(19-6-2)12(9-13)10-15/h7-9,11H,5-6,10,15H2,1-4H3. The molecule has 5 nitrogen and oxygen atoms in total. The summed E-state index contributed by atoms with van der Waals surface area (Å²) in [5, 5.41) is 0. The number of ether oxygens (including phenoxy) is 1. The predicted molar refractivity (Wildman–Crippen MR) is 80.2 cm³/mol. The molecule has 1 unspecified atom stereocenters. The largest absolute Gasteiger partial charge is 0.494 e. The van der Waals surface area contributed by atoms with Crippen molar-refractivity contribution in [3.05, 3.63) is 23.8 Å². The fourth-order valence-electron chi connectivity index (χ4n) is 1.83. The minimum atomic E-state index is -3.49. The Hall–Kier alpha value is -1.11. The van der Waals surface area contributed by atoms with Crippen LogP contribution in [0.3, 0.4) is 0 Å². The number of hydrogen-bond acceptors (Lipinski definition) is 4. The summed E-state index contributed by atoms with van der Waals surface area (Å²) in [4.78, 5) is 0.254. The highest BCUT2D eigenvalue weighted by atomic mass is 32.2. The molecule has 0 heterocycles. The Morgan fingerprint density at radius 1 is 1.35 bits per heavy atom. The zero-order valence-corrected chi connectivity index (χ0v) is 13.4. The molecule has 2 N–H and O–H groups in total. The van der Waals surface area contributed by atoms with E-state index in [1.165, 1.54) is 4.31 Å². The van der Waals surface area contributed by atoms with Crippen LogP contribution in [0.25, 0.3) is 0 Å². The van der Waals surface area contributed by atoms with Gasteiger partial charge in [0.05, 0.1) is 11.5 Å². The first kappa shape index (κ1) is 16.9. The smallest absolute Gasteiger partial charge is 0.243 e. The van der Waals surface area contributed by atoms with Crippen LogP contribution in [0, 0.1) is 0 Å². The normalized spacial score (nSPS) is 13.5. The van der Waals surface area contributed by atoms with E-state index in [0.717, 1.165) is 6.42 Å². The summed E-state index contributed by atoms with van der Waals surface area (Å²) in [5.74, 6) is 0.639. The average Bonchev–Trinajstić information content (AvgIpc) is 2.46. The molecule has 0 radical (unpaired) electrons. The highest BCUT2D eigenvalue weighted by Crippen LogP contribution is 2.25. The fourth-order valence-corrected chi connectivity index (χ4v) is 3.32. The predicted octanol–water partition coefficient (Wildman–Crippen LogP) is 1.96. The maximum absolute atomic E-state index is 12.5. The molecule has 0 spiro atoms. The number of nitrogens with zero attached hydrogens (tertiary/aromatic N) is 1. The van der Waals surface area contributed by atoms with Gasteiger partial charge in [-0.15, -0.1) is 0 Å². The van der Waals surface area contributed by atoms with Crippen LogP contribution in [0.4, 0.5) is 0 Å². The maximum atomic E-state index is 12.5. The molecule has 0 bridgehead atoms. The van der Waals surface area contributed by atoms with E-state index in [1.54, 1.807) is 25.2 Å². The lowest BCUT2D eigenvalue weighted by atomic mass is 10.2. The van der Waals surface area contributed by atoms with Gasteiger partial charge in [0, 0.05) is 25.2 Å². The quantitative estimate of drug-likeness (QED) is 0.835. The summed E-state index contributed by atoms with van der Waals surface area (Å²) in [6, 6.07) is 4.79. The van der Waals surface area contributed by atoms with Gasteiger partial charge in [-0.1, -0.05) is 6.92 Å². The van der Waals surface area contributed by atoms with Gasteiger partial charge in [-0.05, 0) is 38.5 Å². The van der Waals surface area contributed by atoms with Gasteiger partial charge >= 0.3 is 0 Å². The molecule has 0 saturated heterocycles. The summed E-state index contributed by atoms with van der Waals surface area (Å²) in [6.07, 6.45) is 0.760. The molecule has 0 aliphatic heterocycles. The van der Waals surface area contributed by atoms with E-state index in [2.05, 4.69) is 0 Å². The van der Waals surface area contributed by atoms with Crippen LogP contribution in [0.2, 0.25) is 0 Å². The van der Waals surface area contributed by atoms with Crippen LogP contribution in [0.5, 0.6) is 5.75 Å². The molecule has 0 fully saturated rings. The minimum Gasteiger partial charge on any atom is -0.494 e. The van der Waals surface area contributed by atoms with E-state index < -0.39 is 10.0 Å². The molecule has 0 aromatic heterocycles. The Labute approximate surface area is 121 Å². The van der Waals surface area contributed by atoms with Gasteiger partial charge in [0.1, 0.15) is 5.75 Å². The second-order valence-electron chi connectivity index (χ2n) is 4.69. The second-order valence-corrected chi connectivity index (χ2v) is 6.68. The molecule has 1 aromatic rings. The fraction of sp³-hybridized carbons (Fsp3) is 0.571. The Morgan fingerprint density at radius 3 is 2.50 bits per heavy atom. The van der Waals surface area contributed by atoms with Crippen molar-refractivity contribution in [3.63, 3.8) is 0 Å². The van der Waals surface area contributed by atoms with Gasteiger partial charge in [0.2, 0.25) is 10.0 Å². The van der Waals surface area contributed by atoms with Crippen LogP contribution >= 0.6 is 0 Å². The molecule has 1 atom stereocenters. The zero-order chi connectivity index (χ0) is 15.3. The average molecular weight is 300 g/mol. The summed E-state index contributed by atoms with van der Waals surface area (Å²) in [6.45, 7) is 6.48. The Kier molecular flexibility index (Phi) is 5.98. The summed E-state index contributed by atoms with van der Waals surface area (Å²) >= 11 is 0. The summed E-state index contributed by atoms with van der Waals surface area (Å²) in [5.41, 5.74) is 6.37. The molecule has 1 rings (SSSR count). The van der Waals surface area contributed by atoms with E-state index in [1.807, 2.05) is 20.8 Å². The van der Waals surface area contributed by atoms with E-state index in [-0.39, 0.29) is 17.5 Å². The van der Waals surface area contributed by atoms with Gasteiger partial charge in [-0.2, -0.15) is 4.31 Å². The topological polar surface area (TPSA) is 72.6 Å². The number of rotatable bonds is 7. The second kappa shape index (κ2) is 7.06. The third-order valence-electron chi connectivity index (χ3n) is 3.44. The van der Waals surface area contributed by atoms with Crippen molar-refractivity contribution in [3.8, 4) is 5.75 Å². The van der Waals surface area contributed by atoms with E-state index >= 15 is 0 Å². The number of nitrogens with two attached hydrogens (primary N) is 1. The van der Waals surface area contributed by atoms with Crippen molar-refractivity contribution in [2.45, 2.75) is 44.7 Å². The lowest BCUT2D eigenvalue weighted by molar-refractivity contribution is 0.336. The monoisotopic (exact) mass is 300 g/mol. The molecule has 1 aromatic carbocycles. The van der Waals surface area contributed by atoms with Crippen molar-refractivity contribution >= 4 is 10.0 Å². The molecule has 0 aliphatic carbocycles. The Balaban J connectivity index is 3.19. The highest BCUT2D eigenvalue weighted by molar-refractivity contribution is 7.89. The first-order chi connectivity index (χ1) is 9.38. The third-order valence-corrected chi connectivity index (χ3v) is 5.41. The molecular weight excluding hydrogens is 276 g/mol. The van der Waals surface area contributed by atoms with Gasteiger partial charge in [0.25, 0.3) is 0 Å². The van der Waals surface area contributed by atoms with Crippen molar-refractivity contribution in [1.29, 1.82) is 0 Å². The van der Waals surface area contributed by atoms with E-state index in [0.29, 0.717) is 17.9 Å². The van der Waals surface area contributed by atoms with Crippen molar-refractivity contribution in [2.24, 2.45) is 5.73 Å². The number of sulfonamides is 1. The zero-order valence-electron chi connectivity index (χ0n) is 12.6. The Morgan fingerprint density at radius 2 is 2.00 bits per heavy atom. The number of hydrogen-bond donors (Lipinski definition) is 1. The molecular formula is C14H24N2O3S. The van der Waals surface area contributed by atoms with E-state index in [4.69, 9.17) is 10.5 Å². The summed E-state index contributed by atoms with van der Waals surface area (Å²) in [7, 11) is -1.89. The lowest BCUT2D eigenvalue weighted by Gasteiger charge is -2.23. The Bertz CT molecular complexity index is 543. The van der Waals surface area contributed by atoms with Crippen LogP contribution < -0.4 is 10.5 Å². The third kappa shape index (κ3) is 3.50. The van der Waals surface area contributed by atoms with Gasteiger partial charge in [-0.3, -0.25) is 0 Å². The molecule has 0 aliphatic rings. The van der Waals surface area contributed by atoms with Crippen LogP contribution in [0.15, 0.2) is 23.1 Å². The van der Waals surface area contributed by atoms with Gasteiger partial charge in [-0.25, -0.2) is 8.42 Å². The minimum absolute atomic E-state index is 0.0482. The van der Waals surface area contributed by atoms with E-state index in [9.17, 15) is 8.42 Å². The van der Waals surface area contributed by atoms with Crippen molar-refractivity contribution in [2.75, 3.05) is 13.7 Å². The molecule has 0 amide bonds. The lowest BCUT2D eigenvalue weighted by Crippen LogP contribution is -2.34. The summed E-state index contributed by atoms with van der Waals surface area (Å²) < 4.78 is 31.9.